The van der Waals surface area contributed by atoms with Crippen LogP contribution in [0.15, 0.2) is 17.1 Å². The number of hydrogen-bond acceptors (Lipinski definition) is 3. The van der Waals surface area contributed by atoms with Gasteiger partial charge < -0.3 is 0 Å². The first kappa shape index (κ1) is 9.19. The van der Waals surface area contributed by atoms with Gasteiger partial charge >= 0.3 is 0 Å². The quantitative estimate of drug-likeness (QED) is 0.716. The van der Waals surface area contributed by atoms with E-state index in [1.165, 1.54) is 6.07 Å². The highest BCUT2D eigenvalue weighted by molar-refractivity contribution is 14.1. The second-order valence-electron chi connectivity index (χ2n) is 2.26. The molecule has 5 heteroatoms. The minimum absolute atomic E-state index is 0.240. The maximum absolute atomic E-state index is 11.2. The molecular formula is C7H6IN3O. The van der Waals surface area contributed by atoms with Crippen LogP contribution in [0.25, 0.3) is 0 Å². The summed E-state index contributed by atoms with van der Waals surface area (Å²) in [5.74, 6) is 0. The zero-order valence-corrected chi connectivity index (χ0v) is 8.52. The van der Waals surface area contributed by atoms with Gasteiger partial charge in [-0.25, -0.2) is 4.68 Å². The normalized spacial score (nSPS) is 12.1. The fourth-order valence-corrected chi connectivity index (χ4v) is 1.13. The Hall–Kier alpha value is -0.900. The van der Waals surface area contributed by atoms with Gasteiger partial charge in [-0.3, -0.25) is 4.79 Å². The summed E-state index contributed by atoms with van der Waals surface area (Å²) in [5, 5.41) is 12.4. The van der Waals surface area contributed by atoms with Crippen LogP contribution in [0.4, 0.5) is 0 Å². The van der Waals surface area contributed by atoms with Gasteiger partial charge in [-0.1, -0.05) is 0 Å². The van der Waals surface area contributed by atoms with E-state index in [1.807, 2.05) is 28.7 Å². The van der Waals surface area contributed by atoms with Crippen molar-refractivity contribution in [3.8, 4) is 6.07 Å². The third-order valence-electron chi connectivity index (χ3n) is 1.35. The molecule has 1 rings (SSSR count). The molecule has 0 aliphatic carbocycles. The van der Waals surface area contributed by atoms with E-state index in [-0.39, 0.29) is 5.56 Å². The van der Waals surface area contributed by atoms with Crippen molar-refractivity contribution in [2.45, 2.75) is 13.0 Å². The summed E-state index contributed by atoms with van der Waals surface area (Å²) in [4.78, 5) is 11.2. The zero-order chi connectivity index (χ0) is 9.14. The van der Waals surface area contributed by atoms with Crippen LogP contribution < -0.4 is 5.56 Å². The Morgan fingerprint density at radius 2 is 2.50 bits per heavy atom. The molecule has 0 saturated heterocycles. The predicted octanol–water partition coefficient (Wildman–Crippen LogP) is 0.932. The van der Waals surface area contributed by atoms with Crippen molar-refractivity contribution in [2.24, 2.45) is 0 Å². The van der Waals surface area contributed by atoms with Gasteiger partial charge in [-0.2, -0.15) is 10.4 Å². The number of nitriles is 1. The molecule has 12 heavy (non-hydrogen) atoms. The van der Waals surface area contributed by atoms with Gasteiger partial charge in [-0.15, -0.1) is 0 Å². The summed E-state index contributed by atoms with van der Waals surface area (Å²) in [7, 11) is 0. The van der Waals surface area contributed by atoms with Crippen molar-refractivity contribution in [1.82, 2.24) is 9.78 Å². The van der Waals surface area contributed by atoms with Crippen molar-refractivity contribution in [2.75, 3.05) is 0 Å². The second kappa shape index (κ2) is 3.67. The zero-order valence-electron chi connectivity index (χ0n) is 6.36. The van der Waals surface area contributed by atoms with Gasteiger partial charge in [-0.05, 0) is 29.5 Å². The first-order chi connectivity index (χ1) is 5.65. The molecule has 62 valence electrons. The SMILES string of the molecule is CC(C#N)n1ncc(I)cc1=O. The van der Waals surface area contributed by atoms with Crippen LogP contribution in [0.2, 0.25) is 0 Å². The van der Waals surface area contributed by atoms with Gasteiger partial charge in [0.1, 0.15) is 6.04 Å². The highest BCUT2D eigenvalue weighted by atomic mass is 127. The number of nitrogens with zero attached hydrogens (tertiary/aromatic N) is 3. The minimum atomic E-state index is -0.505. The van der Waals surface area contributed by atoms with Gasteiger partial charge in [0.15, 0.2) is 0 Å². The van der Waals surface area contributed by atoms with Gasteiger partial charge in [0.05, 0.1) is 12.3 Å². The lowest BCUT2D eigenvalue weighted by molar-refractivity contribution is 0.553. The molecule has 0 saturated carbocycles. The lowest BCUT2D eigenvalue weighted by atomic mass is 10.4. The Balaban J connectivity index is 3.21. The molecule has 1 aromatic rings. The predicted molar refractivity (Wildman–Crippen MR) is 51.5 cm³/mol. The Kier molecular flexibility index (Phi) is 2.81. The summed E-state index contributed by atoms with van der Waals surface area (Å²) >= 11 is 2.00. The summed E-state index contributed by atoms with van der Waals surface area (Å²) in [6.45, 7) is 1.63. The molecule has 1 aromatic heterocycles. The van der Waals surface area contributed by atoms with Crippen LogP contribution in [-0.2, 0) is 0 Å². The molecule has 0 bridgehead atoms. The third kappa shape index (κ3) is 1.82. The van der Waals surface area contributed by atoms with E-state index in [0.717, 1.165) is 8.25 Å². The monoisotopic (exact) mass is 275 g/mol. The lowest BCUT2D eigenvalue weighted by Gasteiger charge is -2.03. The molecule has 0 radical (unpaired) electrons. The summed E-state index contributed by atoms with van der Waals surface area (Å²) in [5.41, 5.74) is -0.240. The Morgan fingerprint density at radius 1 is 1.83 bits per heavy atom. The molecule has 0 aliphatic rings. The summed E-state index contributed by atoms with van der Waals surface area (Å²) in [6, 6.07) is 2.88. The van der Waals surface area contributed by atoms with E-state index in [4.69, 9.17) is 5.26 Å². The minimum Gasteiger partial charge on any atom is -0.268 e. The fourth-order valence-electron chi connectivity index (χ4n) is 0.741. The Morgan fingerprint density at radius 3 is 3.00 bits per heavy atom. The molecule has 1 atom stereocenters. The first-order valence-electron chi connectivity index (χ1n) is 3.29. The molecule has 0 N–H and O–H groups in total. The molecule has 0 amide bonds. The van der Waals surface area contributed by atoms with Crippen molar-refractivity contribution < 1.29 is 0 Å². The van der Waals surface area contributed by atoms with Gasteiger partial charge in [0, 0.05) is 9.64 Å². The molecule has 0 aromatic carbocycles. The first-order valence-corrected chi connectivity index (χ1v) is 4.37. The van der Waals surface area contributed by atoms with Gasteiger partial charge in [0.2, 0.25) is 0 Å². The van der Waals surface area contributed by atoms with E-state index in [2.05, 4.69) is 5.10 Å². The maximum Gasteiger partial charge on any atom is 0.269 e. The number of halogens is 1. The van der Waals surface area contributed by atoms with E-state index in [9.17, 15) is 4.79 Å². The number of aromatic nitrogens is 2. The Bertz CT molecular complexity index is 379. The van der Waals surface area contributed by atoms with Crippen LogP contribution in [0.1, 0.15) is 13.0 Å². The highest BCUT2D eigenvalue weighted by Gasteiger charge is 2.05. The molecule has 1 heterocycles. The molecule has 0 aliphatic heterocycles. The van der Waals surface area contributed by atoms with Crippen LogP contribution in [0, 0.1) is 14.9 Å². The van der Waals surface area contributed by atoms with Crippen LogP contribution in [0.3, 0.4) is 0 Å². The average molecular weight is 275 g/mol. The smallest absolute Gasteiger partial charge is 0.268 e. The van der Waals surface area contributed by atoms with E-state index in [0.29, 0.717) is 0 Å². The molecule has 0 fully saturated rings. The van der Waals surface area contributed by atoms with Crippen LogP contribution in [-0.4, -0.2) is 9.78 Å². The van der Waals surface area contributed by atoms with E-state index in [1.54, 1.807) is 13.1 Å². The number of rotatable bonds is 1. The highest BCUT2D eigenvalue weighted by Crippen LogP contribution is 2.00. The summed E-state index contributed by atoms with van der Waals surface area (Å²) < 4.78 is 1.93. The van der Waals surface area contributed by atoms with Crippen molar-refractivity contribution >= 4 is 22.6 Å². The molecule has 1 unspecified atom stereocenters. The van der Waals surface area contributed by atoms with Crippen molar-refractivity contribution in [1.29, 1.82) is 5.26 Å². The van der Waals surface area contributed by atoms with Crippen LogP contribution in [0.5, 0.6) is 0 Å². The Labute approximate surface area is 83.0 Å². The average Bonchev–Trinajstić information content (AvgIpc) is 2.03. The standard InChI is InChI=1S/C7H6IN3O/c1-5(3-9)11-7(12)2-6(8)4-10-11/h2,4-5H,1H3. The molecular weight excluding hydrogens is 269 g/mol. The third-order valence-corrected chi connectivity index (χ3v) is 1.94. The van der Waals surface area contributed by atoms with Gasteiger partial charge in [0.25, 0.3) is 5.56 Å². The summed E-state index contributed by atoms with van der Waals surface area (Å²) in [6.07, 6.45) is 1.55. The van der Waals surface area contributed by atoms with E-state index < -0.39 is 6.04 Å². The van der Waals surface area contributed by atoms with Crippen molar-refractivity contribution in [3.05, 3.63) is 26.2 Å². The number of hydrogen-bond donors (Lipinski definition) is 0. The topological polar surface area (TPSA) is 58.7 Å². The lowest BCUT2D eigenvalue weighted by Crippen LogP contribution is -2.24. The maximum atomic E-state index is 11.2. The van der Waals surface area contributed by atoms with Crippen molar-refractivity contribution in [3.63, 3.8) is 0 Å². The molecule has 0 spiro atoms. The molecule has 4 nitrogen and oxygen atoms in total. The van der Waals surface area contributed by atoms with E-state index >= 15 is 0 Å². The van der Waals surface area contributed by atoms with Crippen LogP contribution >= 0.6 is 22.6 Å². The second-order valence-corrected chi connectivity index (χ2v) is 3.51. The largest absolute Gasteiger partial charge is 0.269 e. The fraction of sp³-hybridized carbons (Fsp3) is 0.286.